The molecule has 0 aromatic heterocycles. The van der Waals surface area contributed by atoms with Gasteiger partial charge in [0.05, 0.1) is 38.5 Å². The Hall–Kier alpha value is -2.71. The van der Waals surface area contributed by atoms with Crippen molar-refractivity contribution >= 4 is 46.0 Å². The van der Waals surface area contributed by atoms with Crippen LogP contribution in [0.15, 0.2) is 41.3 Å². The summed E-state index contributed by atoms with van der Waals surface area (Å²) in [7, 11) is 4.75. The van der Waals surface area contributed by atoms with E-state index >= 15 is 0 Å². The third-order valence-electron chi connectivity index (χ3n) is 5.66. The van der Waals surface area contributed by atoms with Crippen LogP contribution in [0.5, 0.6) is 23.0 Å². The molecular weight excluding hydrogens is 482 g/mol. The second kappa shape index (κ2) is 13.4. The Morgan fingerprint density at radius 3 is 2.34 bits per heavy atom. The van der Waals surface area contributed by atoms with Crippen molar-refractivity contribution in [1.29, 1.82) is 0 Å². The molecule has 0 spiro atoms. The number of thioether (sulfide) groups is 1. The van der Waals surface area contributed by atoms with Crippen LogP contribution in [0.1, 0.15) is 51.0 Å². The second-order valence-corrected chi connectivity index (χ2v) is 9.76. The van der Waals surface area contributed by atoms with Crippen LogP contribution in [0, 0.1) is 0 Å². The van der Waals surface area contributed by atoms with Crippen LogP contribution in [-0.2, 0) is 4.79 Å². The van der Waals surface area contributed by atoms with E-state index in [2.05, 4.69) is 6.92 Å². The van der Waals surface area contributed by atoms with Crippen LogP contribution >= 0.6 is 24.0 Å². The number of benzene rings is 2. The normalized spacial score (nSPS) is 14.5. The molecule has 1 fully saturated rings. The summed E-state index contributed by atoms with van der Waals surface area (Å²) < 4.78 is 22.6. The van der Waals surface area contributed by atoms with E-state index in [1.54, 1.807) is 39.5 Å². The highest BCUT2D eigenvalue weighted by atomic mass is 32.2. The van der Waals surface area contributed by atoms with Crippen LogP contribution in [0.2, 0.25) is 0 Å². The zero-order chi connectivity index (χ0) is 25.2. The van der Waals surface area contributed by atoms with Crippen molar-refractivity contribution in [2.45, 2.75) is 45.4 Å². The van der Waals surface area contributed by atoms with Gasteiger partial charge in [-0.3, -0.25) is 9.69 Å². The number of carbonyl (C=O) groups excluding carboxylic acids is 1. The summed E-state index contributed by atoms with van der Waals surface area (Å²) in [6.45, 7) is 2.88. The Morgan fingerprint density at radius 1 is 0.886 bits per heavy atom. The molecule has 1 amide bonds. The van der Waals surface area contributed by atoms with Gasteiger partial charge in [0.15, 0.2) is 15.8 Å². The van der Waals surface area contributed by atoms with Crippen molar-refractivity contribution in [2.75, 3.05) is 32.8 Å². The Kier molecular flexibility index (Phi) is 10.3. The van der Waals surface area contributed by atoms with Gasteiger partial charge in [0, 0.05) is 6.07 Å². The molecule has 1 heterocycles. The van der Waals surface area contributed by atoms with Gasteiger partial charge in [0.1, 0.15) is 11.5 Å². The topological polar surface area (TPSA) is 57.2 Å². The van der Waals surface area contributed by atoms with E-state index in [0.29, 0.717) is 44.5 Å². The first-order chi connectivity index (χ1) is 17.0. The van der Waals surface area contributed by atoms with Gasteiger partial charge in [-0.15, -0.1) is 0 Å². The fraction of sp³-hybridized carbons (Fsp3) is 0.407. The van der Waals surface area contributed by atoms with Crippen molar-refractivity contribution in [1.82, 2.24) is 0 Å². The Balaban J connectivity index is 1.70. The van der Waals surface area contributed by atoms with E-state index in [0.717, 1.165) is 12.0 Å². The molecule has 0 aliphatic carbocycles. The monoisotopic (exact) mass is 515 g/mol. The Morgan fingerprint density at radius 2 is 1.63 bits per heavy atom. The molecule has 1 aliphatic heterocycles. The van der Waals surface area contributed by atoms with Crippen LogP contribution in [0.25, 0.3) is 6.08 Å². The summed E-state index contributed by atoms with van der Waals surface area (Å²) in [5.74, 6) is 2.28. The number of nitrogens with zero attached hydrogens (tertiary/aromatic N) is 1. The molecule has 35 heavy (non-hydrogen) atoms. The fourth-order valence-corrected chi connectivity index (χ4v) is 5.04. The number of hydrogen-bond donors (Lipinski definition) is 0. The first-order valence-electron chi connectivity index (χ1n) is 11.8. The fourth-order valence-electron chi connectivity index (χ4n) is 3.75. The zero-order valence-electron chi connectivity index (χ0n) is 20.8. The van der Waals surface area contributed by atoms with Gasteiger partial charge < -0.3 is 18.9 Å². The standard InChI is InChI=1S/C27H33NO5S2/c1-5-6-7-8-9-10-15-33-22-14-11-19(16-24(22)32-4)17-25-26(29)28(27(34)35-25)21-13-12-20(30-2)18-23(21)31-3/h11-14,16-18H,5-10,15H2,1-4H3. The molecular formula is C27H33NO5S2. The number of rotatable bonds is 13. The minimum absolute atomic E-state index is 0.203. The SMILES string of the molecule is CCCCCCCCOc1ccc(C=C2SC(=S)N(c3ccc(OC)cc3OC)C2=O)cc1OC. The zero-order valence-corrected chi connectivity index (χ0v) is 22.4. The third kappa shape index (κ3) is 6.92. The molecule has 0 saturated carbocycles. The molecule has 0 atom stereocenters. The number of ether oxygens (including phenoxy) is 4. The summed E-state index contributed by atoms with van der Waals surface area (Å²) in [4.78, 5) is 15.2. The average Bonchev–Trinajstić information content (AvgIpc) is 3.15. The summed E-state index contributed by atoms with van der Waals surface area (Å²) >= 11 is 6.77. The summed E-state index contributed by atoms with van der Waals surface area (Å²) in [5, 5.41) is 0. The van der Waals surface area contributed by atoms with Gasteiger partial charge in [0.2, 0.25) is 0 Å². The summed E-state index contributed by atoms with van der Waals surface area (Å²) in [6.07, 6.45) is 9.07. The van der Waals surface area contributed by atoms with Crippen molar-refractivity contribution in [3.8, 4) is 23.0 Å². The Labute approximate surface area is 217 Å². The highest BCUT2D eigenvalue weighted by Gasteiger charge is 2.35. The maximum absolute atomic E-state index is 13.2. The number of anilines is 1. The molecule has 6 nitrogen and oxygen atoms in total. The van der Waals surface area contributed by atoms with Gasteiger partial charge in [-0.25, -0.2) is 0 Å². The van der Waals surface area contributed by atoms with E-state index in [-0.39, 0.29) is 5.91 Å². The van der Waals surface area contributed by atoms with Gasteiger partial charge in [-0.1, -0.05) is 69.1 Å². The number of methoxy groups -OCH3 is 3. The number of amides is 1. The lowest BCUT2D eigenvalue weighted by Gasteiger charge is -2.18. The van der Waals surface area contributed by atoms with E-state index in [9.17, 15) is 4.79 Å². The predicted octanol–water partition coefficient (Wildman–Crippen LogP) is 6.86. The summed E-state index contributed by atoms with van der Waals surface area (Å²) in [6, 6.07) is 10.9. The van der Waals surface area contributed by atoms with Crippen molar-refractivity contribution < 1.29 is 23.7 Å². The molecule has 1 aliphatic rings. The highest BCUT2D eigenvalue weighted by Crippen LogP contribution is 2.41. The lowest BCUT2D eigenvalue weighted by molar-refractivity contribution is -0.113. The maximum atomic E-state index is 13.2. The van der Waals surface area contributed by atoms with Crippen molar-refractivity contribution in [3.63, 3.8) is 0 Å². The minimum Gasteiger partial charge on any atom is -0.497 e. The smallest absolute Gasteiger partial charge is 0.270 e. The minimum atomic E-state index is -0.203. The van der Waals surface area contributed by atoms with Crippen LogP contribution in [-0.4, -0.2) is 38.2 Å². The van der Waals surface area contributed by atoms with Crippen LogP contribution < -0.4 is 23.8 Å². The first kappa shape index (κ1) is 26.9. The van der Waals surface area contributed by atoms with E-state index in [1.165, 1.54) is 48.8 Å². The average molecular weight is 516 g/mol. The largest absolute Gasteiger partial charge is 0.497 e. The molecule has 2 aromatic carbocycles. The van der Waals surface area contributed by atoms with Gasteiger partial charge >= 0.3 is 0 Å². The quantitative estimate of drug-likeness (QED) is 0.164. The maximum Gasteiger partial charge on any atom is 0.270 e. The van der Waals surface area contributed by atoms with Gasteiger partial charge in [-0.05, 0) is 42.3 Å². The molecule has 0 bridgehead atoms. The molecule has 0 radical (unpaired) electrons. The summed E-state index contributed by atoms with van der Waals surface area (Å²) in [5.41, 5.74) is 1.41. The second-order valence-electron chi connectivity index (χ2n) is 8.08. The number of thiocarbonyl (C=S) groups is 1. The molecule has 188 valence electrons. The van der Waals surface area contributed by atoms with E-state index < -0.39 is 0 Å². The third-order valence-corrected chi connectivity index (χ3v) is 6.96. The van der Waals surface area contributed by atoms with Crippen molar-refractivity contribution in [3.05, 3.63) is 46.9 Å². The van der Waals surface area contributed by atoms with Gasteiger partial charge in [-0.2, -0.15) is 0 Å². The first-order valence-corrected chi connectivity index (χ1v) is 13.1. The predicted molar refractivity (Wildman–Crippen MR) is 147 cm³/mol. The van der Waals surface area contributed by atoms with E-state index in [1.807, 2.05) is 24.3 Å². The number of carbonyl (C=O) groups is 1. The van der Waals surface area contributed by atoms with Crippen LogP contribution in [0.3, 0.4) is 0 Å². The van der Waals surface area contributed by atoms with Crippen molar-refractivity contribution in [2.24, 2.45) is 0 Å². The lowest BCUT2D eigenvalue weighted by Crippen LogP contribution is -2.27. The molecule has 2 aromatic rings. The number of hydrogen-bond acceptors (Lipinski definition) is 7. The molecule has 3 rings (SSSR count). The van der Waals surface area contributed by atoms with Crippen LogP contribution in [0.4, 0.5) is 5.69 Å². The molecule has 8 heteroatoms. The molecule has 1 saturated heterocycles. The van der Waals surface area contributed by atoms with E-state index in [4.69, 9.17) is 31.2 Å². The van der Waals surface area contributed by atoms with Gasteiger partial charge in [0.25, 0.3) is 5.91 Å². The number of unbranched alkanes of at least 4 members (excludes halogenated alkanes) is 5. The molecule has 0 unspecified atom stereocenters. The lowest BCUT2D eigenvalue weighted by atomic mass is 10.1. The molecule has 0 N–H and O–H groups in total. The Bertz CT molecular complexity index is 1070. The highest BCUT2D eigenvalue weighted by molar-refractivity contribution is 8.27.